The van der Waals surface area contributed by atoms with Gasteiger partial charge in [-0.2, -0.15) is 0 Å². The van der Waals surface area contributed by atoms with E-state index < -0.39 is 17.4 Å². The molecule has 2 atom stereocenters. The average molecular weight is 380 g/mol. The molecule has 1 aliphatic heterocycles. The van der Waals surface area contributed by atoms with Crippen molar-refractivity contribution in [3.05, 3.63) is 27.2 Å². The van der Waals surface area contributed by atoms with Crippen LogP contribution in [0.1, 0.15) is 6.92 Å². The van der Waals surface area contributed by atoms with E-state index >= 15 is 0 Å². The Balaban J connectivity index is 1.68. The number of nitrogens with zero attached hydrogens (tertiary/aromatic N) is 6. The van der Waals surface area contributed by atoms with Crippen LogP contribution in [0.5, 0.6) is 0 Å². The molecule has 0 aliphatic carbocycles. The Morgan fingerprint density at radius 2 is 1.63 bits per heavy atom. The third-order valence-electron chi connectivity index (χ3n) is 5.05. The number of aryl methyl sites for hydroxylation is 2. The normalized spacial score (nSPS) is 18.9. The fourth-order valence-corrected chi connectivity index (χ4v) is 3.65. The van der Waals surface area contributed by atoms with Gasteiger partial charge in [0.25, 0.3) is 5.56 Å². The van der Waals surface area contributed by atoms with Crippen molar-refractivity contribution in [2.45, 2.75) is 25.7 Å². The lowest BCUT2D eigenvalue weighted by atomic mass is 10.2. The van der Waals surface area contributed by atoms with Crippen molar-refractivity contribution in [3.8, 4) is 0 Å². The molecule has 1 saturated heterocycles. The van der Waals surface area contributed by atoms with Gasteiger partial charge in [-0.15, -0.1) is 0 Å². The Morgan fingerprint density at radius 1 is 1.04 bits per heavy atom. The topological polar surface area (TPSA) is 109 Å². The van der Waals surface area contributed by atoms with E-state index in [0.29, 0.717) is 24.3 Å². The first-order chi connectivity index (χ1) is 12.8. The lowest BCUT2D eigenvalue weighted by Crippen LogP contribution is -2.51. The number of aliphatic hydroxyl groups is 2. The lowest BCUT2D eigenvalue weighted by Gasteiger charge is -2.36. The SMILES string of the molecule is CC(O)CN1CCN(CC(O)Cn2c(=O)c3c(ncn3C)n(C)c2=O)CC1. The zero-order valence-corrected chi connectivity index (χ0v) is 16.1. The fourth-order valence-electron chi connectivity index (χ4n) is 3.65. The molecule has 0 aromatic carbocycles. The maximum atomic E-state index is 12.7. The van der Waals surface area contributed by atoms with Crippen molar-refractivity contribution >= 4 is 11.2 Å². The van der Waals surface area contributed by atoms with E-state index in [-0.39, 0.29) is 12.6 Å². The third kappa shape index (κ3) is 4.13. The molecule has 0 amide bonds. The Bertz CT molecular complexity index is 907. The van der Waals surface area contributed by atoms with Crippen LogP contribution in [0.25, 0.3) is 11.2 Å². The maximum absolute atomic E-state index is 12.7. The zero-order valence-electron chi connectivity index (χ0n) is 16.1. The molecule has 0 radical (unpaired) electrons. The van der Waals surface area contributed by atoms with Gasteiger partial charge in [-0.25, -0.2) is 9.78 Å². The van der Waals surface area contributed by atoms with Crippen LogP contribution in [-0.4, -0.2) is 90.2 Å². The van der Waals surface area contributed by atoms with Gasteiger partial charge in [0.15, 0.2) is 11.2 Å². The van der Waals surface area contributed by atoms with Gasteiger partial charge in [-0.3, -0.25) is 23.7 Å². The summed E-state index contributed by atoms with van der Waals surface area (Å²) in [6.45, 7) is 5.94. The molecule has 27 heavy (non-hydrogen) atoms. The summed E-state index contributed by atoms with van der Waals surface area (Å²) >= 11 is 0. The standard InChI is InChI=1S/C17H28N6O4/c1-12(24)8-21-4-6-22(7-5-21)9-13(25)10-23-16(26)14-15(18-11-19(14)2)20(3)17(23)27/h11-13,24-25H,4-10H2,1-3H3. The van der Waals surface area contributed by atoms with Crippen LogP contribution in [0, 0.1) is 0 Å². The van der Waals surface area contributed by atoms with Crippen LogP contribution in [0.2, 0.25) is 0 Å². The zero-order chi connectivity index (χ0) is 19.7. The van der Waals surface area contributed by atoms with Gasteiger partial charge in [0.1, 0.15) is 0 Å². The van der Waals surface area contributed by atoms with E-state index in [1.165, 1.54) is 10.9 Å². The average Bonchev–Trinajstić information content (AvgIpc) is 3.00. The second-order valence-electron chi connectivity index (χ2n) is 7.39. The van der Waals surface area contributed by atoms with Crippen molar-refractivity contribution in [1.29, 1.82) is 0 Å². The molecule has 0 spiro atoms. The van der Waals surface area contributed by atoms with Gasteiger partial charge < -0.3 is 14.8 Å². The quantitative estimate of drug-likeness (QED) is 0.585. The number of hydrogen-bond donors (Lipinski definition) is 2. The molecule has 1 aliphatic rings. The van der Waals surface area contributed by atoms with Gasteiger partial charge in [-0.05, 0) is 6.92 Å². The Kier molecular flexibility index (Phi) is 5.80. The summed E-state index contributed by atoms with van der Waals surface area (Å²) in [6.07, 6.45) is 0.315. The summed E-state index contributed by atoms with van der Waals surface area (Å²) in [7, 11) is 3.27. The Morgan fingerprint density at radius 3 is 2.22 bits per heavy atom. The molecule has 0 bridgehead atoms. The highest BCUT2D eigenvalue weighted by Gasteiger charge is 2.22. The molecule has 10 nitrogen and oxygen atoms in total. The highest BCUT2D eigenvalue weighted by Crippen LogP contribution is 2.06. The predicted molar refractivity (Wildman–Crippen MR) is 101 cm³/mol. The van der Waals surface area contributed by atoms with Crippen LogP contribution in [0.4, 0.5) is 0 Å². The van der Waals surface area contributed by atoms with Gasteiger partial charge >= 0.3 is 5.69 Å². The molecule has 150 valence electrons. The highest BCUT2D eigenvalue weighted by molar-refractivity contribution is 5.69. The molecule has 2 aromatic rings. The smallest absolute Gasteiger partial charge is 0.332 e. The van der Waals surface area contributed by atoms with Gasteiger partial charge in [0.2, 0.25) is 0 Å². The number of imidazole rings is 1. The number of aliphatic hydroxyl groups excluding tert-OH is 2. The summed E-state index contributed by atoms with van der Waals surface area (Å²) in [6, 6.07) is 0. The predicted octanol–water partition coefficient (Wildman–Crippen LogP) is -2.21. The number of piperazine rings is 1. The first-order valence-electron chi connectivity index (χ1n) is 9.19. The molecule has 3 rings (SSSR count). The number of β-amino-alcohol motifs (C(OH)–C–C–N with tert-alkyl or cyclic N) is 2. The second-order valence-corrected chi connectivity index (χ2v) is 7.39. The van der Waals surface area contributed by atoms with Crippen molar-refractivity contribution in [2.75, 3.05) is 39.3 Å². The summed E-state index contributed by atoms with van der Waals surface area (Å²) < 4.78 is 4.00. The van der Waals surface area contributed by atoms with Crippen LogP contribution < -0.4 is 11.2 Å². The van der Waals surface area contributed by atoms with E-state index in [0.717, 1.165) is 30.7 Å². The van der Waals surface area contributed by atoms with E-state index in [1.54, 1.807) is 25.6 Å². The summed E-state index contributed by atoms with van der Waals surface area (Å²) in [5.41, 5.74) is -0.232. The maximum Gasteiger partial charge on any atom is 0.332 e. The number of hydrogen-bond acceptors (Lipinski definition) is 7. The number of rotatable bonds is 6. The largest absolute Gasteiger partial charge is 0.392 e. The van der Waals surface area contributed by atoms with Crippen molar-refractivity contribution in [2.24, 2.45) is 14.1 Å². The molecule has 10 heteroatoms. The van der Waals surface area contributed by atoms with Gasteiger partial charge in [0.05, 0.1) is 25.1 Å². The first-order valence-corrected chi connectivity index (χ1v) is 9.19. The minimum Gasteiger partial charge on any atom is -0.392 e. The van der Waals surface area contributed by atoms with Crippen LogP contribution in [0.3, 0.4) is 0 Å². The van der Waals surface area contributed by atoms with Crippen molar-refractivity contribution in [1.82, 2.24) is 28.5 Å². The Labute approximate surface area is 156 Å². The monoisotopic (exact) mass is 380 g/mol. The molecule has 2 unspecified atom stereocenters. The van der Waals surface area contributed by atoms with Gasteiger partial charge in [0, 0.05) is 53.4 Å². The Hall–Kier alpha value is -2.01. The van der Waals surface area contributed by atoms with E-state index in [9.17, 15) is 19.8 Å². The molecule has 2 N–H and O–H groups in total. The number of aromatic nitrogens is 4. The summed E-state index contributed by atoms with van der Waals surface area (Å²) in [5, 5.41) is 19.9. The molecule has 0 saturated carbocycles. The molecule has 2 aromatic heterocycles. The summed E-state index contributed by atoms with van der Waals surface area (Å²) in [5.74, 6) is 0. The van der Waals surface area contributed by atoms with Crippen molar-refractivity contribution in [3.63, 3.8) is 0 Å². The third-order valence-corrected chi connectivity index (χ3v) is 5.05. The minimum absolute atomic E-state index is 0.0550. The second kappa shape index (κ2) is 7.93. The lowest BCUT2D eigenvalue weighted by molar-refractivity contribution is 0.0470. The first kappa shape index (κ1) is 19.7. The van der Waals surface area contributed by atoms with Crippen LogP contribution in [0.15, 0.2) is 15.9 Å². The van der Waals surface area contributed by atoms with E-state index in [2.05, 4.69) is 14.8 Å². The number of fused-ring (bicyclic) bond motifs is 1. The molecular weight excluding hydrogens is 352 g/mol. The fraction of sp³-hybridized carbons (Fsp3) is 0.706. The van der Waals surface area contributed by atoms with Crippen molar-refractivity contribution < 1.29 is 10.2 Å². The summed E-state index contributed by atoms with van der Waals surface area (Å²) in [4.78, 5) is 33.6. The van der Waals surface area contributed by atoms with Gasteiger partial charge in [-0.1, -0.05) is 0 Å². The minimum atomic E-state index is -0.829. The van der Waals surface area contributed by atoms with Crippen LogP contribution in [-0.2, 0) is 20.6 Å². The molecule has 1 fully saturated rings. The molecular formula is C17H28N6O4. The van der Waals surface area contributed by atoms with Crippen LogP contribution >= 0.6 is 0 Å². The molecule has 3 heterocycles. The highest BCUT2D eigenvalue weighted by atomic mass is 16.3. The van der Waals surface area contributed by atoms with E-state index in [4.69, 9.17) is 0 Å². The van der Waals surface area contributed by atoms with E-state index in [1.807, 2.05) is 0 Å².